The minimum atomic E-state index is -0.638. The summed E-state index contributed by atoms with van der Waals surface area (Å²) in [7, 11) is 0. The molecule has 6 heteroatoms. The Morgan fingerprint density at radius 3 is 2.53 bits per heavy atom. The second-order valence-electron chi connectivity index (χ2n) is 4.07. The lowest BCUT2D eigenvalue weighted by Crippen LogP contribution is -2.13. The van der Waals surface area contributed by atoms with Crippen molar-refractivity contribution in [2.45, 2.75) is 19.9 Å². The third-order valence-electron chi connectivity index (χ3n) is 2.54. The number of aromatic amines is 1. The fourth-order valence-electron chi connectivity index (χ4n) is 1.67. The van der Waals surface area contributed by atoms with Gasteiger partial charge in [-0.1, -0.05) is 6.92 Å². The number of hydrogen-bond acceptors (Lipinski definition) is 3. The van der Waals surface area contributed by atoms with Gasteiger partial charge < -0.3 is 5.32 Å². The van der Waals surface area contributed by atoms with Crippen LogP contribution in [-0.4, -0.2) is 9.97 Å². The Morgan fingerprint density at radius 1 is 1.21 bits per heavy atom. The Hall–Kier alpha value is -2.24. The van der Waals surface area contributed by atoms with Crippen LogP contribution in [0.25, 0.3) is 0 Å². The minimum Gasteiger partial charge on any atom is -0.352 e. The number of aryl methyl sites for hydroxylation is 1. The van der Waals surface area contributed by atoms with Crippen LogP contribution in [0.5, 0.6) is 0 Å². The summed E-state index contributed by atoms with van der Waals surface area (Å²) >= 11 is 0. The van der Waals surface area contributed by atoms with Gasteiger partial charge in [-0.15, -0.1) is 0 Å². The van der Waals surface area contributed by atoms with Gasteiger partial charge in [0, 0.05) is 24.4 Å². The van der Waals surface area contributed by atoms with Crippen LogP contribution in [0.3, 0.4) is 0 Å². The van der Waals surface area contributed by atoms with E-state index in [0.29, 0.717) is 17.7 Å². The smallest absolute Gasteiger partial charge is 0.252 e. The molecule has 19 heavy (non-hydrogen) atoms. The first-order valence-corrected chi connectivity index (χ1v) is 5.86. The Balaban J connectivity index is 2.14. The molecule has 1 aromatic carbocycles. The monoisotopic (exact) mass is 265 g/mol. The largest absolute Gasteiger partial charge is 0.352 e. The van der Waals surface area contributed by atoms with Crippen molar-refractivity contribution in [2.24, 2.45) is 0 Å². The fraction of sp³-hybridized carbons (Fsp3) is 0.231. The zero-order valence-electron chi connectivity index (χ0n) is 10.3. The van der Waals surface area contributed by atoms with Gasteiger partial charge in [-0.25, -0.2) is 13.8 Å². The average Bonchev–Trinajstić information content (AvgIpc) is 2.34. The molecule has 1 heterocycles. The van der Waals surface area contributed by atoms with E-state index in [1.807, 2.05) is 6.92 Å². The first kappa shape index (κ1) is 13.2. The van der Waals surface area contributed by atoms with Gasteiger partial charge in [0.15, 0.2) is 0 Å². The highest BCUT2D eigenvalue weighted by molar-refractivity contribution is 5.28. The first-order valence-electron chi connectivity index (χ1n) is 5.86. The van der Waals surface area contributed by atoms with Crippen molar-refractivity contribution in [3.05, 3.63) is 57.5 Å². The van der Waals surface area contributed by atoms with E-state index in [1.165, 1.54) is 18.2 Å². The highest BCUT2D eigenvalue weighted by Crippen LogP contribution is 2.09. The zero-order valence-corrected chi connectivity index (χ0v) is 10.3. The van der Waals surface area contributed by atoms with E-state index >= 15 is 0 Å². The maximum atomic E-state index is 13.0. The maximum absolute atomic E-state index is 13.0. The lowest BCUT2D eigenvalue weighted by molar-refractivity contribution is 0.580. The van der Waals surface area contributed by atoms with Gasteiger partial charge in [0.1, 0.15) is 11.6 Å². The molecule has 0 unspecified atom stereocenters. The molecule has 0 fully saturated rings. The van der Waals surface area contributed by atoms with Gasteiger partial charge >= 0.3 is 0 Å². The normalized spacial score (nSPS) is 10.5. The number of hydrogen-bond donors (Lipinski definition) is 2. The van der Waals surface area contributed by atoms with Gasteiger partial charge in [-0.2, -0.15) is 0 Å². The average molecular weight is 265 g/mol. The molecule has 0 bridgehead atoms. The molecule has 0 amide bonds. The number of benzene rings is 1. The molecule has 2 aromatic rings. The van der Waals surface area contributed by atoms with Crippen LogP contribution < -0.4 is 10.9 Å². The quantitative estimate of drug-likeness (QED) is 0.891. The second kappa shape index (κ2) is 5.60. The van der Waals surface area contributed by atoms with Crippen molar-refractivity contribution in [2.75, 3.05) is 5.32 Å². The van der Waals surface area contributed by atoms with Crippen molar-refractivity contribution in [3.63, 3.8) is 0 Å². The number of anilines is 1. The van der Waals surface area contributed by atoms with Crippen LogP contribution in [0, 0.1) is 11.6 Å². The van der Waals surface area contributed by atoms with Gasteiger partial charge in [-0.05, 0) is 24.1 Å². The lowest BCUT2D eigenvalue weighted by Gasteiger charge is -2.07. The van der Waals surface area contributed by atoms with Crippen LogP contribution in [-0.2, 0) is 13.0 Å². The van der Waals surface area contributed by atoms with E-state index in [-0.39, 0.29) is 18.1 Å². The SMILES string of the molecule is CCc1cc(=O)[nH]c(NCc2cc(F)cc(F)c2)n1. The van der Waals surface area contributed by atoms with E-state index in [4.69, 9.17) is 0 Å². The molecule has 0 aliphatic rings. The molecule has 0 aliphatic heterocycles. The first-order chi connectivity index (χ1) is 9.06. The van der Waals surface area contributed by atoms with E-state index in [1.54, 1.807) is 0 Å². The van der Waals surface area contributed by atoms with Crippen molar-refractivity contribution in [1.82, 2.24) is 9.97 Å². The fourth-order valence-corrected chi connectivity index (χ4v) is 1.67. The zero-order chi connectivity index (χ0) is 13.8. The second-order valence-corrected chi connectivity index (χ2v) is 4.07. The summed E-state index contributed by atoms with van der Waals surface area (Å²) in [5, 5.41) is 2.83. The summed E-state index contributed by atoms with van der Waals surface area (Å²) in [4.78, 5) is 18.0. The molecule has 0 saturated heterocycles. The molecule has 2 rings (SSSR count). The van der Waals surface area contributed by atoms with Crippen molar-refractivity contribution < 1.29 is 8.78 Å². The molecule has 0 saturated carbocycles. The van der Waals surface area contributed by atoms with E-state index in [9.17, 15) is 13.6 Å². The van der Waals surface area contributed by atoms with E-state index < -0.39 is 11.6 Å². The van der Waals surface area contributed by atoms with Crippen molar-refractivity contribution in [1.29, 1.82) is 0 Å². The van der Waals surface area contributed by atoms with Crippen LogP contribution >= 0.6 is 0 Å². The predicted octanol–water partition coefficient (Wildman–Crippen LogP) is 2.22. The molecule has 2 N–H and O–H groups in total. The number of halogens is 2. The Bertz CT molecular complexity index is 620. The molecule has 0 radical (unpaired) electrons. The highest BCUT2D eigenvalue weighted by Gasteiger charge is 2.03. The number of nitrogens with zero attached hydrogens (tertiary/aromatic N) is 1. The predicted molar refractivity (Wildman–Crippen MR) is 67.9 cm³/mol. The van der Waals surface area contributed by atoms with Crippen LogP contribution in [0.15, 0.2) is 29.1 Å². The molecular formula is C13H13F2N3O. The third-order valence-corrected chi connectivity index (χ3v) is 2.54. The molecule has 0 atom stereocenters. The molecule has 4 nitrogen and oxygen atoms in total. The van der Waals surface area contributed by atoms with Gasteiger partial charge in [-0.3, -0.25) is 9.78 Å². The number of nitrogens with one attached hydrogen (secondary N) is 2. The van der Waals surface area contributed by atoms with Gasteiger partial charge in [0.05, 0.1) is 0 Å². The number of aromatic nitrogens is 2. The minimum absolute atomic E-state index is 0.171. The Kier molecular flexibility index (Phi) is 3.89. The van der Waals surface area contributed by atoms with Crippen molar-refractivity contribution in [3.8, 4) is 0 Å². The molecule has 0 aliphatic carbocycles. The summed E-state index contributed by atoms with van der Waals surface area (Å²) in [6.07, 6.45) is 0.632. The van der Waals surface area contributed by atoms with Crippen LogP contribution in [0.2, 0.25) is 0 Å². The molecular weight excluding hydrogens is 252 g/mol. The Labute approximate surface area is 108 Å². The third kappa shape index (κ3) is 3.61. The number of rotatable bonds is 4. The standard InChI is InChI=1S/C13H13F2N3O/c1-2-11-6-12(19)18-13(17-11)16-7-8-3-9(14)5-10(15)4-8/h3-6H,2,7H2,1H3,(H2,16,17,18,19). The van der Waals surface area contributed by atoms with Crippen LogP contribution in [0.4, 0.5) is 14.7 Å². The summed E-state index contributed by atoms with van der Waals surface area (Å²) in [6, 6.07) is 4.66. The highest BCUT2D eigenvalue weighted by atomic mass is 19.1. The number of H-pyrrole nitrogens is 1. The molecule has 1 aromatic heterocycles. The topological polar surface area (TPSA) is 57.8 Å². The van der Waals surface area contributed by atoms with E-state index in [2.05, 4.69) is 15.3 Å². The summed E-state index contributed by atoms with van der Waals surface area (Å²) < 4.78 is 26.0. The van der Waals surface area contributed by atoms with Crippen LogP contribution in [0.1, 0.15) is 18.2 Å². The van der Waals surface area contributed by atoms with Gasteiger partial charge in [0.25, 0.3) is 5.56 Å². The molecule has 100 valence electrons. The van der Waals surface area contributed by atoms with Gasteiger partial charge in [0.2, 0.25) is 5.95 Å². The maximum Gasteiger partial charge on any atom is 0.252 e. The van der Waals surface area contributed by atoms with Crippen molar-refractivity contribution >= 4 is 5.95 Å². The Morgan fingerprint density at radius 2 is 1.89 bits per heavy atom. The summed E-state index contributed by atoms with van der Waals surface area (Å²) in [6.45, 7) is 2.05. The lowest BCUT2D eigenvalue weighted by atomic mass is 10.2. The summed E-state index contributed by atoms with van der Waals surface area (Å²) in [5.74, 6) is -0.991. The molecule has 0 spiro atoms. The summed E-state index contributed by atoms with van der Waals surface area (Å²) in [5.41, 5.74) is 0.818. The van der Waals surface area contributed by atoms with E-state index in [0.717, 1.165) is 6.07 Å².